The van der Waals surface area contributed by atoms with E-state index in [2.05, 4.69) is 130 Å². The number of nitrogens with zero attached hydrogens (tertiary/aromatic N) is 2. The summed E-state index contributed by atoms with van der Waals surface area (Å²) in [5.41, 5.74) is 6.73. The van der Waals surface area contributed by atoms with Crippen molar-refractivity contribution in [2.75, 3.05) is 0 Å². The highest BCUT2D eigenvalue weighted by Crippen LogP contribution is 2.46. The van der Waals surface area contributed by atoms with Crippen molar-refractivity contribution in [3.8, 4) is 11.4 Å². The Bertz CT molecular complexity index is 2350. The standard InChI is InChI=1S/C34H20N2OS/c1-2-10-21(11-3-1)35-27-15-7-4-12-23(27)26-20-22(18-19-29(26)35)36-28-16-8-5-13-24(28)31-32-25-14-6-9-17-30(25)38-34(32)37-33(31)36/h1-20H. The Kier molecular flexibility index (Phi) is 3.93. The third-order valence-corrected chi connectivity index (χ3v) is 8.81. The maximum absolute atomic E-state index is 6.66. The van der Waals surface area contributed by atoms with Crippen LogP contribution in [0.15, 0.2) is 126 Å². The molecule has 9 aromatic rings. The summed E-state index contributed by atoms with van der Waals surface area (Å²) in [6, 6.07) is 43.3. The molecule has 0 atom stereocenters. The summed E-state index contributed by atoms with van der Waals surface area (Å²) >= 11 is 1.73. The van der Waals surface area contributed by atoms with Crippen molar-refractivity contribution in [2.45, 2.75) is 0 Å². The molecule has 0 saturated heterocycles. The molecule has 4 heteroatoms. The third-order valence-electron chi connectivity index (χ3n) is 7.76. The van der Waals surface area contributed by atoms with Gasteiger partial charge >= 0.3 is 0 Å². The van der Waals surface area contributed by atoms with Gasteiger partial charge in [0.1, 0.15) is 0 Å². The van der Waals surface area contributed by atoms with Gasteiger partial charge in [-0.3, -0.25) is 4.57 Å². The molecule has 5 aromatic carbocycles. The molecule has 0 unspecified atom stereocenters. The normalized spacial score (nSPS) is 12.2. The highest BCUT2D eigenvalue weighted by molar-refractivity contribution is 7.25. The zero-order valence-corrected chi connectivity index (χ0v) is 21.1. The molecule has 0 bridgehead atoms. The summed E-state index contributed by atoms with van der Waals surface area (Å²) in [5, 5.41) is 7.36. The first-order chi connectivity index (χ1) is 18.9. The number of rotatable bonds is 2. The molecule has 3 nitrogen and oxygen atoms in total. The molecule has 0 radical (unpaired) electrons. The molecule has 0 saturated carbocycles. The van der Waals surface area contributed by atoms with Crippen molar-refractivity contribution >= 4 is 75.5 Å². The van der Waals surface area contributed by atoms with Crippen molar-refractivity contribution in [2.24, 2.45) is 0 Å². The SMILES string of the molecule is c1ccc(-n2c3ccccc3c3cc(-n4c5ccccc5c5c6c(oc54)sc4ccccc46)ccc32)cc1. The van der Waals surface area contributed by atoms with Gasteiger partial charge in [-0.05, 0) is 48.5 Å². The molecule has 4 aromatic heterocycles. The predicted molar refractivity (Wildman–Crippen MR) is 160 cm³/mol. The van der Waals surface area contributed by atoms with Crippen LogP contribution in [0.3, 0.4) is 0 Å². The minimum absolute atomic E-state index is 0.907. The molecule has 0 N–H and O–H groups in total. The number of aromatic nitrogens is 2. The van der Waals surface area contributed by atoms with Crippen molar-refractivity contribution < 1.29 is 4.42 Å². The van der Waals surface area contributed by atoms with E-state index < -0.39 is 0 Å². The number of benzene rings is 5. The number of hydrogen-bond donors (Lipinski definition) is 0. The maximum Gasteiger partial charge on any atom is 0.215 e. The topological polar surface area (TPSA) is 23.0 Å². The van der Waals surface area contributed by atoms with Gasteiger partial charge < -0.3 is 8.98 Å². The minimum Gasteiger partial charge on any atom is -0.428 e. The maximum atomic E-state index is 6.66. The van der Waals surface area contributed by atoms with Crippen molar-refractivity contribution in [1.29, 1.82) is 0 Å². The second-order valence-electron chi connectivity index (χ2n) is 9.79. The number of thiophene rings is 1. The highest BCUT2D eigenvalue weighted by Gasteiger charge is 2.23. The van der Waals surface area contributed by atoms with E-state index in [1.165, 1.54) is 53.7 Å². The fourth-order valence-electron chi connectivity index (χ4n) is 6.19. The predicted octanol–water partition coefficient (Wildman–Crippen LogP) is 9.84. The first kappa shape index (κ1) is 20.3. The number of furan rings is 1. The Hall–Kier alpha value is -4.80. The van der Waals surface area contributed by atoms with Crippen LogP contribution >= 0.6 is 11.3 Å². The molecule has 38 heavy (non-hydrogen) atoms. The van der Waals surface area contributed by atoms with Crippen LogP contribution in [0.2, 0.25) is 0 Å². The van der Waals surface area contributed by atoms with E-state index in [0.29, 0.717) is 0 Å². The van der Waals surface area contributed by atoms with Gasteiger partial charge in [0.25, 0.3) is 0 Å². The van der Waals surface area contributed by atoms with Gasteiger partial charge in [-0.15, -0.1) is 0 Å². The van der Waals surface area contributed by atoms with Crippen LogP contribution in [-0.2, 0) is 0 Å². The minimum atomic E-state index is 0.907. The van der Waals surface area contributed by atoms with Crippen LogP contribution in [0.25, 0.3) is 75.6 Å². The fourth-order valence-corrected chi connectivity index (χ4v) is 7.25. The van der Waals surface area contributed by atoms with Gasteiger partial charge in [-0.25, -0.2) is 0 Å². The van der Waals surface area contributed by atoms with E-state index in [-0.39, 0.29) is 0 Å². The summed E-state index contributed by atoms with van der Waals surface area (Å²) in [6.07, 6.45) is 0. The lowest BCUT2D eigenvalue weighted by atomic mass is 10.1. The van der Waals surface area contributed by atoms with Crippen molar-refractivity contribution in [1.82, 2.24) is 9.13 Å². The summed E-state index contributed by atoms with van der Waals surface area (Å²) in [6.45, 7) is 0. The lowest BCUT2D eigenvalue weighted by molar-refractivity contribution is 0.653. The molecule has 178 valence electrons. The summed E-state index contributed by atoms with van der Waals surface area (Å²) in [7, 11) is 0. The summed E-state index contributed by atoms with van der Waals surface area (Å²) in [5.74, 6) is 0. The van der Waals surface area contributed by atoms with E-state index in [4.69, 9.17) is 4.42 Å². The molecule has 9 rings (SSSR count). The lowest BCUT2D eigenvalue weighted by Gasteiger charge is -2.09. The smallest absolute Gasteiger partial charge is 0.215 e. The second kappa shape index (κ2) is 7.37. The van der Waals surface area contributed by atoms with Crippen LogP contribution in [0.5, 0.6) is 0 Å². The van der Waals surface area contributed by atoms with Crippen LogP contribution in [0.1, 0.15) is 0 Å². The summed E-state index contributed by atoms with van der Waals surface area (Å²) in [4.78, 5) is 0.984. The van der Waals surface area contributed by atoms with E-state index in [9.17, 15) is 0 Å². The fraction of sp³-hybridized carbons (Fsp3) is 0. The number of hydrogen-bond acceptors (Lipinski definition) is 2. The average Bonchev–Trinajstić information content (AvgIpc) is 3.68. The van der Waals surface area contributed by atoms with Crippen LogP contribution in [0.4, 0.5) is 0 Å². The van der Waals surface area contributed by atoms with Crippen LogP contribution in [0, 0.1) is 0 Å². The Morgan fingerprint density at radius 1 is 0.474 bits per heavy atom. The molecule has 0 fully saturated rings. The Labute approximate surface area is 221 Å². The van der Waals surface area contributed by atoms with Crippen LogP contribution in [-0.4, -0.2) is 9.13 Å². The van der Waals surface area contributed by atoms with Gasteiger partial charge in [0, 0.05) is 43.0 Å². The zero-order chi connectivity index (χ0) is 24.8. The highest BCUT2D eigenvalue weighted by atomic mass is 32.1. The van der Waals surface area contributed by atoms with Gasteiger partial charge in [-0.1, -0.05) is 84.1 Å². The summed E-state index contributed by atoms with van der Waals surface area (Å²) < 4.78 is 12.6. The molecule has 0 aliphatic heterocycles. The third kappa shape index (κ3) is 2.57. The molecule has 0 aliphatic carbocycles. The number of para-hydroxylation sites is 3. The van der Waals surface area contributed by atoms with Gasteiger partial charge in [0.15, 0.2) is 4.90 Å². The largest absolute Gasteiger partial charge is 0.428 e. The second-order valence-corrected chi connectivity index (χ2v) is 10.8. The molecular formula is C34H20N2OS. The average molecular weight is 505 g/mol. The first-order valence-corrected chi connectivity index (χ1v) is 13.6. The van der Waals surface area contributed by atoms with Gasteiger partial charge in [0.05, 0.1) is 21.9 Å². The van der Waals surface area contributed by atoms with Gasteiger partial charge in [0.2, 0.25) is 5.71 Å². The monoisotopic (exact) mass is 504 g/mol. The van der Waals surface area contributed by atoms with E-state index in [0.717, 1.165) is 21.8 Å². The van der Waals surface area contributed by atoms with E-state index >= 15 is 0 Å². The number of fused-ring (bicyclic) bond motifs is 10. The first-order valence-electron chi connectivity index (χ1n) is 12.8. The molecule has 0 aliphatic rings. The molecule has 0 amide bonds. The molecule has 0 spiro atoms. The van der Waals surface area contributed by atoms with E-state index in [1.807, 2.05) is 0 Å². The van der Waals surface area contributed by atoms with Crippen molar-refractivity contribution in [3.63, 3.8) is 0 Å². The molecule has 4 heterocycles. The Balaban J connectivity index is 1.40. The van der Waals surface area contributed by atoms with Crippen molar-refractivity contribution in [3.05, 3.63) is 121 Å². The van der Waals surface area contributed by atoms with Gasteiger partial charge in [-0.2, -0.15) is 0 Å². The quantitative estimate of drug-likeness (QED) is 0.230. The lowest BCUT2D eigenvalue weighted by Crippen LogP contribution is -1.95. The van der Waals surface area contributed by atoms with Crippen LogP contribution < -0.4 is 0 Å². The zero-order valence-electron chi connectivity index (χ0n) is 20.3. The Morgan fingerprint density at radius 2 is 1.13 bits per heavy atom. The molecular weight excluding hydrogens is 484 g/mol. The van der Waals surface area contributed by atoms with E-state index in [1.54, 1.807) is 11.3 Å². The Morgan fingerprint density at radius 3 is 1.97 bits per heavy atom.